The molecule has 0 aromatic heterocycles. The maximum Gasteiger partial charge on any atom is 0.269 e. The molecule has 0 aliphatic heterocycles. The van der Waals surface area contributed by atoms with Crippen LogP contribution >= 0.6 is 11.8 Å². The molecule has 0 saturated heterocycles. The molecule has 0 heterocycles. The van der Waals surface area contributed by atoms with Gasteiger partial charge in [0.25, 0.3) is 5.69 Å². The minimum absolute atomic E-state index is 0.00578. The number of hydrogen-bond donors (Lipinski definition) is 0. The molecular weight excluding hydrogens is 278 g/mol. The Balaban J connectivity index is 2.08. The number of carbonyl (C=O) groups is 1. The smallest absolute Gasteiger partial charge is 0.269 e. The Bertz CT molecular complexity index is 623. The van der Waals surface area contributed by atoms with Gasteiger partial charge in [-0.1, -0.05) is 0 Å². The van der Waals surface area contributed by atoms with Crippen LogP contribution in [-0.4, -0.2) is 17.1 Å². The third-order valence-corrected chi connectivity index (χ3v) is 3.51. The summed E-state index contributed by atoms with van der Waals surface area (Å²) in [6.45, 7) is 0. The third-order valence-electron chi connectivity index (χ3n) is 2.58. The van der Waals surface area contributed by atoms with Crippen LogP contribution in [0.15, 0.2) is 53.4 Å². The number of nitro benzene ring substituents is 1. The number of thioether (sulfide) groups is 1. The molecule has 0 radical (unpaired) electrons. The Kier molecular flexibility index (Phi) is 4.37. The Morgan fingerprint density at radius 2 is 1.70 bits per heavy atom. The molecule has 0 aliphatic carbocycles. The molecule has 2 aromatic rings. The van der Waals surface area contributed by atoms with E-state index in [2.05, 4.69) is 0 Å². The lowest BCUT2D eigenvalue weighted by Gasteiger charge is -2.03. The van der Waals surface area contributed by atoms with Gasteiger partial charge in [0.1, 0.15) is 5.75 Å². The number of non-ortho nitro benzene ring substituents is 1. The molecule has 0 unspecified atom stereocenters. The summed E-state index contributed by atoms with van der Waals surface area (Å²) in [4.78, 5) is 22.7. The lowest BCUT2D eigenvalue weighted by Crippen LogP contribution is -1.93. The van der Waals surface area contributed by atoms with Crippen molar-refractivity contribution in [3.63, 3.8) is 0 Å². The normalized spacial score (nSPS) is 10.1. The van der Waals surface area contributed by atoms with Crippen molar-refractivity contribution in [2.24, 2.45) is 0 Å². The van der Waals surface area contributed by atoms with E-state index in [1.54, 1.807) is 43.5 Å². The van der Waals surface area contributed by atoms with Crippen molar-refractivity contribution in [3.8, 4) is 5.75 Å². The molecule has 102 valence electrons. The summed E-state index contributed by atoms with van der Waals surface area (Å²) in [7, 11) is 1.56. The first-order valence-electron chi connectivity index (χ1n) is 5.71. The van der Waals surface area contributed by atoms with E-state index >= 15 is 0 Å². The van der Waals surface area contributed by atoms with E-state index in [0.29, 0.717) is 16.2 Å². The summed E-state index contributed by atoms with van der Waals surface area (Å²) < 4.78 is 5.02. The predicted octanol–water partition coefficient (Wildman–Crippen LogP) is 3.54. The zero-order valence-corrected chi connectivity index (χ0v) is 11.4. The van der Waals surface area contributed by atoms with Crippen molar-refractivity contribution < 1.29 is 14.5 Å². The highest BCUT2D eigenvalue weighted by atomic mass is 32.2. The lowest BCUT2D eigenvalue weighted by atomic mass is 10.2. The van der Waals surface area contributed by atoms with Crippen LogP contribution in [0, 0.1) is 10.1 Å². The van der Waals surface area contributed by atoms with Crippen LogP contribution in [-0.2, 0) is 0 Å². The van der Waals surface area contributed by atoms with Crippen molar-refractivity contribution in [2.75, 3.05) is 7.11 Å². The fourth-order valence-electron chi connectivity index (χ4n) is 1.53. The Hall–Kier alpha value is -2.34. The van der Waals surface area contributed by atoms with E-state index in [1.807, 2.05) is 0 Å². The molecule has 0 spiro atoms. The summed E-state index contributed by atoms with van der Waals surface area (Å²) in [5, 5.41) is 10.4. The molecular formula is C14H11NO4S. The van der Waals surface area contributed by atoms with E-state index in [1.165, 1.54) is 12.1 Å². The second-order valence-corrected chi connectivity index (χ2v) is 4.92. The van der Waals surface area contributed by atoms with Crippen molar-refractivity contribution >= 4 is 22.6 Å². The number of nitro groups is 1. The largest absolute Gasteiger partial charge is 0.497 e. The van der Waals surface area contributed by atoms with Gasteiger partial charge in [0.05, 0.1) is 12.0 Å². The fraction of sp³-hybridized carbons (Fsp3) is 0.0714. The quantitative estimate of drug-likeness (QED) is 0.489. The number of ether oxygens (including phenoxy) is 1. The second kappa shape index (κ2) is 6.21. The molecule has 0 aliphatic rings. The first-order valence-corrected chi connectivity index (χ1v) is 6.52. The highest BCUT2D eigenvalue weighted by Gasteiger charge is 2.10. The van der Waals surface area contributed by atoms with Gasteiger partial charge < -0.3 is 4.74 Å². The van der Waals surface area contributed by atoms with Gasteiger partial charge in [0, 0.05) is 22.6 Å². The monoisotopic (exact) mass is 289 g/mol. The Morgan fingerprint density at radius 1 is 1.10 bits per heavy atom. The minimum atomic E-state index is -0.472. The molecule has 0 amide bonds. The van der Waals surface area contributed by atoms with Crippen LogP contribution in [0.5, 0.6) is 5.75 Å². The van der Waals surface area contributed by atoms with Crippen molar-refractivity contribution in [1.82, 2.24) is 0 Å². The highest BCUT2D eigenvalue weighted by Crippen LogP contribution is 2.25. The average molecular weight is 289 g/mol. The standard InChI is InChI=1S/C14H11NO4S/c1-19-12-6-2-10(3-7-12)14(16)20-13-8-4-11(5-9-13)15(17)18/h2-9H,1H3. The van der Waals surface area contributed by atoms with Crippen LogP contribution in [0.4, 0.5) is 5.69 Å². The Morgan fingerprint density at radius 3 is 2.20 bits per heavy atom. The first kappa shape index (κ1) is 14.1. The number of hydrogen-bond acceptors (Lipinski definition) is 5. The zero-order valence-electron chi connectivity index (χ0n) is 10.6. The van der Waals surface area contributed by atoms with E-state index in [4.69, 9.17) is 4.74 Å². The van der Waals surface area contributed by atoms with Crippen LogP contribution in [0.3, 0.4) is 0 Å². The van der Waals surface area contributed by atoms with Crippen LogP contribution in [0.1, 0.15) is 10.4 Å². The van der Waals surface area contributed by atoms with E-state index in [-0.39, 0.29) is 10.8 Å². The SMILES string of the molecule is COc1ccc(C(=O)Sc2ccc([N+](=O)[O-])cc2)cc1. The molecule has 0 atom stereocenters. The molecule has 2 aromatic carbocycles. The maximum absolute atomic E-state index is 12.0. The average Bonchev–Trinajstić information content (AvgIpc) is 2.48. The van der Waals surface area contributed by atoms with Gasteiger partial charge in [-0.2, -0.15) is 0 Å². The van der Waals surface area contributed by atoms with Crippen molar-refractivity contribution in [3.05, 3.63) is 64.2 Å². The van der Waals surface area contributed by atoms with Crippen LogP contribution in [0.25, 0.3) is 0 Å². The first-order chi connectivity index (χ1) is 9.60. The van der Waals surface area contributed by atoms with Gasteiger partial charge in [0.2, 0.25) is 5.12 Å². The number of rotatable bonds is 4. The van der Waals surface area contributed by atoms with Gasteiger partial charge in [0.15, 0.2) is 0 Å². The van der Waals surface area contributed by atoms with Crippen molar-refractivity contribution in [2.45, 2.75) is 4.90 Å². The fourth-order valence-corrected chi connectivity index (χ4v) is 2.27. The molecule has 5 nitrogen and oxygen atoms in total. The predicted molar refractivity (Wildman–Crippen MR) is 76.3 cm³/mol. The second-order valence-electron chi connectivity index (χ2n) is 3.87. The lowest BCUT2D eigenvalue weighted by molar-refractivity contribution is -0.384. The summed E-state index contributed by atoms with van der Waals surface area (Å²) in [6.07, 6.45) is 0. The van der Waals surface area contributed by atoms with E-state index in [0.717, 1.165) is 11.8 Å². The molecule has 0 saturated carbocycles. The number of carbonyl (C=O) groups excluding carboxylic acids is 1. The number of methoxy groups -OCH3 is 1. The third kappa shape index (κ3) is 3.36. The molecule has 20 heavy (non-hydrogen) atoms. The van der Waals surface area contributed by atoms with Gasteiger partial charge in [-0.3, -0.25) is 14.9 Å². The number of nitrogens with zero attached hydrogens (tertiary/aromatic N) is 1. The van der Waals surface area contributed by atoms with Gasteiger partial charge in [-0.15, -0.1) is 0 Å². The molecule has 2 rings (SSSR count). The zero-order chi connectivity index (χ0) is 14.5. The highest BCUT2D eigenvalue weighted by molar-refractivity contribution is 8.14. The minimum Gasteiger partial charge on any atom is -0.497 e. The van der Waals surface area contributed by atoms with Gasteiger partial charge in [-0.05, 0) is 48.2 Å². The number of benzene rings is 2. The summed E-state index contributed by atoms with van der Waals surface area (Å²) in [6, 6.07) is 12.7. The van der Waals surface area contributed by atoms with Gasteiger partial charge in [-0.25, -0.2) is 0 Å². The van der Waals surface area contributed by atoms with Crippen LogP contribution < -0.4 is 4.74 Å². The molecule has 0 bridgehead atoms. The van der Waals surface area contributed by atoms with E-state index in [9.17, 15) is 14.9 Å². The van der Waals surface area contributed by atoms with Crippen LogP contribution in [0.2, 0.25) is 0 Å². The summed E-state index contributed by atoms with van der Waals surface area (Å²) in [5.41, 5.74) is 0.556. The topological polar surface area (TPSA) is 69.4 Å². The van der Waals surface area contributed by atoms with Crippen molar-refractivity contribution in [1.29, 1.82) is 0 Å². The molecule has 0 N–H and O–H groups in total. The maximum atomic E-state index is 12.0. The summed E-state index contributed by atoms with van der Waals surface area (Å²) >= 11 is 1.03. The van der Waals surface area contributed by atoms with Gasteiger partial charge >= 0.3 is 0 Å². The Labute approximate surface area is 119 Å². The van der Waals surface area contributed by atoms with E-state index < -0.39 is 4.92 Å². The molecule has 6 heteroatoms. The molecule has 0 fully saturated rings. The summed E-state index contributed by atoms with van der Waals surface area (Å²) in [5.74, 6) is 0.682.